The van der Waals surface area contributed by atoms with E-state index in [1.165, 1.54) is 25.0 Å². The number of amides is 1. The maximum Gasteiger partial charge on any atom is 0.230 e. The fraction of sp³-hybridized carbons (Fsp3) is 0.611. The molecule has 3 nitrogen and oxygen atoms in total. The first-order valence-corrected chi connectivity index (χ1v) is 8.46. The second-order valence-corrected chi connectivity index (χ2v) is 6.72. The molecule has 22 heavy (non-hydrogen) atoms. The second-order valence-electron chi connectivity index (χ2n) is 6.72. The van der Waals surface area contributed by atoms with Crippen LogP contribution in [0.4, 0.5) is 4.39 Å². The molecule has 1 aromatic carbocycles. The van der Waals surface area contributed by atoms with E-state index >= 15 is 0 Å². The van der Waals surface area contributed by atoms with Gasteiger partial charge in [-0.3, -0.25) is 4.79 Å². The predicted molar refractivity (Wildman–Crippen MR) is 85.1 cm³/mol. The van der Waals surface area contributed by atoms with E-state index in [9.17, 15) is 9.18 Å². The zero-order valence-electron chi connectivity index (χ0n) is 13.0. The second kappa shape index (κ2) is 6.78. The molecule has 2 aliphatic rings. The summed E-state index contributed by atoms with van der Waals surface area (Å²) in [5, 5.41) is 6.53. The Morgan fingerprint density at radius 2 is 2.14 bits per heavy atom. The molecule has 0 radical (unpaired) electrons. The van der Waals surface area contributed by atoms with Gasteiger partial charge < -0.3 is 10.6 Å². The Labute approximate surface area is 131 Å². The van der Waals surface area contributed by atoms with E-state index in [0.717, 1.165) is 50.9 Å². The largest absolute Gasteiger partial charge is 0.355 e. The van der Waals surface area contributed by atoms with Crippen LogP contribution < -0.4 is 10.6 Å². The minimum atomic E-state index is -0.524. The third-order valence-corrected chi connectivity index (χ3v) is 5.22. The van der Waals surface area contributed by atoms with Gasteiger partial charge in [-0.1, -0.05) is 25.0 Å². The molecule has 1 saturated heterocycles. The average Bonchev–Trinajstić information content (AvgIpc) is 3.05. The molecule has 1 unspecified atom stereocenters. The van der Waals surface area contributed by atoms with Crippen molar-refractivity contribution >= 4 is 5.91 Å². The number of carbonyl (C=O) groups is 1. The molecule has 1 heterocycles. The lowest BCUT2D eigenvalue weighted by molar-refractivity contribution is -0.126. The lowest BCUT2D eigenvalue weighted by Gasteiger charge is -2.30. The van der Waals surface area contributed by atoms with Crippen LogP contribution in [0, 0.1) is 11.7 Å². The van der Waals surface area contributed by atoms with Crippen LogP contribution in [0.2, 0.25) is 0 Å². The molecule has 2 N–H and O–H groups in total. The van der Waals surface area contributed by atoms with Gasteiger partial charge in [0.05, 0.1) is 5.41 Å². The van der Waals surface area contributed by atoms with Crippen LogP contribution in [0.1, 0.15) is 44.1 Å². The molecule has 1 aliphatic carbocycles. The summed E-state index contributed by atoms with van der Waals surface area (Å²) < 4.78 is 13.6. The summed E-state index contributed by atoms with van der Waals surface area (Å²) in [4.78, 5) is 12.9. The van der Waals surface area contributed by atoms with Crippen LogP contribution in [-0.4, -0.2) is 25.5 Å². The smallest absolute Gasteiger partial charge is 0.230 e. The number of piperidine rings is 1. The monoisotopic (exact) mass is 304 g/mol. The van der Waals surface area contributed by atoms with E-state index in [1.807, 2.05) is 6.07 Å². The normalized spacial score (nSPS) is 24.1. The first-order valence-electron chi connectivity index (χ1n) is 8.46. The van der Waals surface area contributed by atoms with Gasteiger partial charge in [-0.15, -0.1) is 0 Å². The highest BCUT2D eigenvalue weighted by molar-refractivity contribution is 5.88. The number of benzene rings is 1. The fourth-order valence-corrected chi connectivity index (χ4v) is 3.92. The predicted octanol–water partition coefficient (Wildman–Crippen LogP) is 2.75. The van der Waals surface area contributed by atoms with Crippen molar-refractivity contribution in [3.63, 3.8) is 0 Å². The van der Waals surface area contributed by atoms with Crippen molar-refractivity contribution in [1.29, 1.82) is 0 Å². The highest BCUT2D eigenvalue weighted by Crippen LogP contribution is 2.41. The molecular weight excluding hydrogens is 279 g/mol. The van der Waals surface area contributed by atoms with Crippen molar-refractivity contribution in [2.24, 2.45) is 5.92 Å². The summed E-state index contributed by atoms with van der Waals surface area (Å²) in [6.45, 7) is 2.79. The molecule has 2 fully saturated rings. The Hall–Kier alpha value is -1.42. The van der Waals surface area contributed by atoms with Gasteiger partial charge in [0.1, 0.15) is 5.82 Å². The summed E-state index contributed by atoms with van der Waals surface area (Å²) >= 11 is 0. The molecule has 1 amide bonds. The van der Waals surface area contributed by atoms with Gasteiger partial charge >= 0.3 is 0 Å². The standard InChI is InChI=1S/C18H25FN2O/c19-16-7-3-6-15(11-16)18(8-1-2-9-18)17(22)21-13-14-5-4-10-20-12-14/h3,6-7,11,14,20H,1-2,4-5,8-10,12-13H2,(H,21,22). The molecular formula is C18H25FN2O. The van der Waals surface area contributed by atoms with E-state index in [2.05, 4.69) is 10.6 Å². The van der Waals surface area contributed by atoms with Gasteiger partial charge in [0.25, 0.3) is 0 Å². The van der Waals surface area contributed by atoms with Crippen molar-refractivity contribution < 1.29 is 9.18 Å². The zero-order valence-corrected chi connectivity index (χ0v) is 13.0. The number of hydrogen-bond donors (Lipinski definition) is 2. The van der Waals surface area contributed by atoms with E-state index in [0.29, 0.717) is 5.92 Å². The van der Waals surface area contributed by atoms with Gasteiger partial charge in [-0.25, -0.2) is 4.39 Å². The third kappa shape index (κ3) is 3.17. The summed E-state index contributed by atoms with van der Waals surface area (Å²) in [7, 11) is 0. The first-order chi connectivity index (χ1) is 10.7. The van der Waals surface area contributed by atoms with Crippen molar-refractivity contribution in [2.75, 3.05) is 19.6 Å². The summed E-state index contributed by atoms with van der Waals surface area (Å²) in [5.74, 6) is 0.345. The maximum absolute atomic E-state index is 13.6. The summed E-state index contributed by atoms with van der Waals surface area (Å²) in [6, 6.07) is 6.59. The topological polar surface area (TPSA) is 41.1 Å². The molecule has 1 saturated carbocycles. The van der Waals surface area contributed by atoms with E-state index in [4.69, 9.17) is 0 Å². The van der Waals surface area contributed by atoms with E-state index in [1.54, 1.807) is 6.07 Å². The van der Waals surface area contributed by atoms with Crippen molar-refractivity contribution in [1.82, 2.24) is 10.6 Å². The van der Waals surface area contributed by atoms with E-state index in [-0.39, 0.29) is 11.7 Å². The van der Waals surface area contributed by atoms with Crippen LogP contribution in [0.15, 0.2) is 24.3 Å². The van der Waals surface area contributed by atoms with Crippen molar-refractivity contribution in [3.8, 4) is 0 Å². The van der Waals surface area contributed by atoms with Gasteiger partial charge in [0, 0.05) is 6.54 Å². The quantitative estimate of drug-likeness (QED) is 0.898. The van der Waals surface area contributed by atoms with Crippen LogP contribution >= 0.6 is 0 Å². The number of nitrogens with one attached hydrogen (secondary N) is 2. The SMILES string of the molecule is O=C(NCC1CCCNC1)C1(c2cccc(F)c2)CCCC1. The van der Waals surface area contributed by atoms with Gasteiger partial charge in [0.15, 0.2) is 0 Å². The summed E-state index contributed by atoms with van der Waals surface area (Å²) in [6.07, 6.45) is 6.07. The Kier molecular flexibility index (Phi) is 4.77. The number of rotatable bonds is 4. The molecule has 0 bridgehead atoms. The molecule has 3 rings (SSSR count). The molecule has 120 valence electrons. The van der Waals surface area contributed by atoms with Crippen molar-refractivity contribution in [3.05, 3.63) is 35.6 Å². The highest BCUT2D eigenvalue weighted by Gasteiger charge is 2.42. The molecule has 0 spiro atoms. The first kappa shape index (κ1) is 15.5. The number of halogens is 1. The van der Waals surface area contributed by atoms with Gasteiger partial charge in [-0.2, -0.15) is 0 Å². The fourth-order valence-electron chi connectivity index (χ4n) is 3.92. The minimum absolute atomic E-state index is 0.0844. The Bertz CT molecular complexity index is 520. The van der Waals surface area contributed by atoms with Crippen molar-refractivity contribution in [2.45, 2.75) is 43.9 Å². The summed E-state index contributed by atoms with van der Waals surface area (Å²) in [5.41, 5.74) is 0.314. The highest BCUT2D eigenvalue weighted by atomic mass is 19.1. The van der Waals surface area contributed by atoms with Crippen LogP contribution in [-0.2, 0) is 10.2 Å². The Morgan fingerprint density at radius 1 is 1.32 bits per heavy atom. The van der Waals surface area contributed by atoms with Crippen LogP contribution in [0.3, 0.4) is 0 Å². The molecule has 1 atom stereocenters. The lowest BCUT2D eigenvalue weighted by Crippen LogP contribution is -2.46. The third-order valence-electron chi connectivity index (χ3n) is 5.22. The maximum atomic E-state index is 13.6. The van der Waals surface area contributed by atoms with Gasteiger partial charge in [-0.05, 0) is 62.4 Å². The lowest BCUT2D eigenvalue weighted by atomic mass is 9.78. The number of carbonyl (C=O) groups excluding carboxylic acids is 1. The van der Waals surface area contributed by atoms with Crippen LogP contribution in [0.25, 0.3) is 0 Å². The van der Waals surface area contributed by atoms with Crippen LogP contribution in [0.5, 0.6) is 0 Å². The average molecular weight is 304 g/mol. The zero-order chi connectivity index (χ0) is 15.4. The molecule has 1 aliphatic heterocycles. The molecule has 1 aromatic rings. The molecule has 4 heteroatoms. The minimum Gasteiger partial charge on any atom is -0.355 e. The molecule has 0 aromatic heterocycles. The van der Waals surface area contributed by atoms with Gasteiger partial charge in [0.2, 0.25) is 5.91 Å². The Morgan fingerprint density at radius 3 is 2.82 bits per heavy atom. The Balaban J connectivity index is 1.71. The van der Waals surface area contributed by atoms with E-state index < -0.39 is 5.41 Å². The number of hydrogen-bond acceptors (Lipinski definition) is 2.